The Balaban J connectivity index is 1.86. The van der Waals surface area contributed by atoms with E-state index in [0.29, 0.717) is 30.2 Å². The van der Waals surface area contributed by atoms with Crippen LogP contribution in [-0.4, -0.2) is 48.6 Å². The summed E-state index contributed by atoms with van der Waals surface area (Å²) in [7, 11) is 3.55. The van der Waals surface area contributed by atoms with Crippen LogP contribution in [0.3, 0.4) is 0 Å². The molecule has 1 amide bonds. The molecule has 1 aliphatic rings. The lowest BCUT2D eigenvalue weighted by Gasteiger charge is -2.27. The molecule has 0 bridgehead atoms. The number of aromatic nitrogens is 1. The number of hydrogen-bond acceptors (Lipinski definition) is 5. The van der Waals surface area contributed by atoms with Gasteiger partial charge in [0.15, 0.2) is 0 Å². The van der Waals surface area contributed by atoms with Gasteiger partial charge in [-0.05, 0) is 132 Å². The van der Waals surface area contributed by atoms with E-state index in [0.717, 1.165) is 23.6 Å². The highest BCUT2D eigenvalue weighted by atomic mass is 19.4. The number of pyridine rings is 1. The molecule has 3 aromatic rings. The quantitative estimate of drug-likeness (QED) is 0.124. The lowest BCUT2D eigenvalue weighted by Crippen LogP contribution is -2.41. The van der Waals surface area contributed by atoms with Crippen LogP contribution < -0.4 is 10.9 Å². The molecule has 0 saturated heterocycles. The van der Waals surface area contributed by atoms with Crippen LogP contribution in [0.15, 0.2) is 29.2 Å². The number of carbonyl (C=O) groups is 2. The number of carbonyl (C=O) groups excluding carboxylic acids is 2. The van der Waals surface area contributed by atoms with Gasteiger partial charge in [-0.3, -0.25) is 14.4 Å². The normalized spacial score (nSPS) is 14.5. The first-order chi connectivity index (χ1) is 24.8. The minimum atomic E-state index is -4.83. The Morgan fingerprint density at radius 3 is 2.23 bits per heavy atom. The first kappa shape index (κ1) is 41.6. The maximum atomic E-state index is 16.9. The number of alkyl halides is 3. The van der Waals surface area contributed by atoms with Gasteiger partial charge in [-0.15, -0.1) is 0 Å². The van der Waals surface area contributed by atoms with E-state index in [9.17, 15) is 27.6 Å². The Hall–Kier alpha value is -4.13. The van der Waals surface area contributed by atoms with E-state index >= 15 is 13.2 Å². The highest BCUT2D eigenvalue weighted by Crippen LogP contribution is 2.45. The molecule has 0 aliphatic heterocycles. The molecule has 1 saturated carbocycles. The fourth-order valence-corrected chi connectivity index (χ4v) is 6.94. The van der Waals surface area contributed by atoms with Crippen molar-refractivity contribution in [3.63, 3.8) is 0 Å². The van der Waals surface area contributed by atoms with Gasteiger partial charge in [-0.2, -0.15) is 13.2 Å². The molecule has 1 unspecified atom stereocenters. The van der Waals surface area contributed by atoms with Crippen molar-refractivity contribution in [3.8, 4) is 11.1 Å². The van der Waals surface area contributed by atoms with Gasteiger partial charge in [0.1, 0.15) is 23.5 Å². The van der Waals surface area contributed by atoms with Crippen LogP contribution in [0.25, 0.3) is 11.1 Å². The minimum absolute atomic E-state index is 0.0323. The summed E-state index contributed by atoms with van der Waals surface area (Å²) < 4.78 is 96.9. The van der Waals surface area contributed by atoms with Crippen molar-refractivity contribution in [2.45, 2.75) is 104 Å². The zero-order chi connectivity index (χ0) is 39.5. The topological polar surface area (TPSA) is 80.6 Å². The Morgan fingerprint density at radius 2 is 1.66 bits per heavy atom. The molecule has 2 aromatic carbocycles. The molecule has 4 rings (SSSR count). The van der Waals surface area contributed by atoms with Crippen molar-refractivity contribution < 1.29 is 40.7 Å². The van der Waals surface area contributed by atoms with Gasteiger partial charge in [0.2, 0.25) is 5.91 Å². The third-order valence-electron chi connectivity index (χ3n) is 9.62. The second-order valence-corrected chi connectivity index (χ2v) is 14.7. The van der Waals surface area contributed by atoms with Gasteiger partial charge in [-0.1, -0.05) is 19.9 Å². The molecule has 0 spiro atoms. The molecule has 290 valence electrons. The van der Waals surface area contributed by atoms with Crippen molar-refractivity contribution >= 4 is 11.9 Å². The van der Waals surface area contributed by atoms with Crippen molar-refractivity contribution in [1.29, 1.82) is 0 Å². The van der Waals surface area contributed by atoms with Crippen LogP contribution >= 0.6 is 0 Å². The predicted molar refractivity (Wildman–Crippen MR) is 191 cm³/mol. The van der Waals surface area contributed by atoms with Crippen molar-refractivity contribution in [2.75, 3.05) is 27.2 Å². The molecule has 2 atom stereocenters. The molecule has 1 aliphatic carbocycles. The van der Waals surface area contributed by atoms with Crippen LogP contribution in [0.4, 0.5) is 26.3 Å². The zero-order valence-corrected chi connectivity index (χ0v) is 31.6. The van der Waals surface area contributed by atoms with E-state index in [1.54, 1.807) is 45.8 Å². The molecule has 7 nitrogen and oxygen atoms in total. The molecular formula is C40H49F6N3O4. The maximum Gasteiger partial charge on any atom is 0.416 e. The van der Waals surface area contributed by atoms with Crippen molar-refractivity contribution in [3.05, 3.63) is 91.1 Å². The van der Waals surface area contributed by atoms with Gasteiger partial charge in [-0.25, -0.2) is 13.2 Å². The number of aryl methyl sites for hydroxylation is 3. The molecule has 1 fully saturated rings. The number of benzene rings is 2. The molecule has 0 radical (unpaired) electrons. The summed E-state index contributed by atoms with van der Waals surface area (Å²) in [4.78, 5) is 42.3. The predicted octanol–water partition coefficient (Wildman–Crippen LogP) is 8.65. The van der Waals surface area contributed by atoms with Crippen molar-refractivity contribution in [1.82, 2.24) is 14.8 Å². The molecule has 1 aromatic heterocycles. The van der Waals surface area contributed by atoms with Crippen LogP contribution in [0.1, 0.15) is 110 Å². The summed E-state index contributed by atoms with van der Waals surface area (Å²) in [5, 5.41) is 2.55. The number of nitrogens with zero attached hydrogens (tertiary/aromatic N) is 2. The Kier molecular flexibility index (Phi) is 13.3. The number of amides is 1. The summed E-state index contributed by atoms with van der Waals surface area (Å²) in [6.07, 6.45) is -2.58. The maximum absolute atomic E-state index is 16.9. The number of nitrogens with one attached hydrogen (secondary N) is 1. The van der Waals surface area contributed by atoms with E-state index < -0.39 is 70.7 Å². The van der Waals surface area contributed by atoms with Crippen molar-refractivity contribution in [2.24, 2.45) is 5.92 Å². The highest BCUT2D eigenvalue weighted by Gasteiger charge is 2.37. The smallest absolute Gasteiger partial charge is 0.416 e. The third kappa shape index (κ3) is 9.71. The lowest BCUT2D eigenvalue weighted by atomic mass is 9.87. The largest absolute Gasteiger partial charge is 0.466 e. The summed E-state index contributed by atoms with van der Waals surface area (Å²) in [5.41, 5.74) is -1.73. The summed E-state index contributed by atoms with van der Waals surface area (Å²) in [6.45, 7) is 10.0. The van der Waals surface area contributed by atoms with Crippen LogP contribution in [0.5, 0.6) is 0 Å². The van der Waals surface area contributed by atoms with Crippen LogP contribution in [0.2, 0.25) is 0 Å². The number of ether oxygens (including phenoxy) is 1. The second-order valence-electron chi connectivity index (χ2n) is 14.7. The Morgan fingerprint density at radius 1 is 1.00 bits per heavy atom. The Bertz CT molecular complexity index is 1900. The monoisotopic (exact) mass is 749 g/mol. The Labute approximate surface area is 306 Å². The summed E-state index contributed by atoms with van der Waals surface area (Å²) in [5.74, 6) is -4.67. The zero-order valence-electron chi connectivity index (χ0n) is 31.6. The SMILES string of the molecule is CCOC(=O)C[C@H](NC(=O)C(CC(C)C)n1cc(CCCN(C)C)c(C(F)(F)F)cc1=O)c1c(F)c(C)cc(-c2c(C)cc(C3CC3)c(F)c2C)c1F. The second kappa shape index (κ2) is 16.9. The van der Waals surface area contributed by atoms with Gasteiger partial charge in [0.05, 0.1) is 24.6 Å². The van der Waals surface area contributed by atoms with Crippen LogP contribution in [0, 0.1) is 44.1 Å². The van der Waals surface area contributed by atoms with E-state index in [-0.39, 0.29) is 59.1 Å². The molecule has 53 heavy (non-hydrogen) atoms. The third-order valence-corrected chi connectivity index (χ3v) is 9.62. The van der Waals surface area contributed by atoms with E-state index in [1.165, 1.54) is 26.8 Å². The van der Waals surface area contributed by atoms with Gasteiger partial charge < -0.3 is 19.5 Å². The standard InChI is InChI=1S/C40H49F6N3O4/c1-9-53-33(51)19-30(35-36(41)23(5)17-28(38(35)43)34-22(4)16-27(25-12-13-25)37(42)24(34)6)47-39(52)31(15-21(2)3)49-20-26(11-10-14-48(7)8)29(18-32(49)50)40(44,45)46/h16-18,20-21,25,30-31H,9-15,19H2,1-8H3,(H,47,52)/t30-,31?/m0/s1. The first-order valence-electron chi connectivity index (χ1n) is 18.0. The van der Waals surface area contributed by atoms with Gasteiger partial charge in [0, 0.05) is 23.4 Å². The number of halogens is 6. The average Bonchev–Trinajstić information content (AvgIpc) is 3.89. The number of rotatable bonds is 15. The van der Waals surface area contributed by atoms with E-state index in [1.807, 2.05) is 0 Å². The average molecular weight is 750 g/mol. The van der Waals surface area contributed by atoms with E-state index in [4.69, 9.17) is 4.74 Å². The molecular weight excluding hydrogens is 700 g/mol. The molecule has 13 heteroatoms. The molecule has 1 N–H and O–H groups in total. The fraction of sp³-hybridized carbons (Fsp3) is 0.525. The fourth-order valence-electron chi connectivity index (χ4n) is 6.94. The summed E-state index contributed by atoms with van der Waals surface area (Å²) in [6, 6.07) is 0.302. The number of esters is 1. The van der Waals surface area contributed by atoms with Crippen LogP contribution in [-0.2, 0) is 26.9 Å². The molecule has 1 heterocycles. The van der Waals surface area contributed by atoms with E-state index in [2.05, 4.69) is 5.32 Å². The highest BCUT2D eigenvalue weighted by molar-refractivity contribution is 5.82. The summed E-state index contributed by atoms with van der Waals surface area (Å²) >= 11 is 0. The minimum Gasteiger partial charge on any atom is -0.466 e. The lowest BCUT2D eigenvalue weighted by molar-refractivity contribution is -0.144. The van der Waals surface area contributed by atoms with Gasteiger partial charge in [0.25, 0.3) is 5.56 Å². The number of hydrogen-bond donors (Lipinski definition) is 1. The first-order valence-corrected chi connectivity index (χ1v) is 18.0. The van der Waals surface area contributed by atoms with Gasteiger partial charge >= 0.3 is 12.1 Å².